The van der Waals surface area contributed by atoms with Gasteiger partial charge in [-0.3, -0.25) is 4.40 Å². The van der Waals surface area contributed by atoms with E-state index in [4.69, 9.17) is 0 Å². The largest absolute Gasteiger partial charge is 0.265 e. The lowest BCUT2D eigenvalue weighted by molar-refractivity contribution is 0.628. The summed E-state index contributed by atoms with van der Waals surface area (Å²) in [4.78, 5) is 4.06. The minimum atomic E-state index is -0.252. The molecule has 0 radical (unpaired) electrons. The van der Waals surface area contributed by atoms with Crippen LogP contribution in [0, 0.1) is 5.82 Å². The van der Waals surface area contributed by atoms with Crippen LogP contribution in [-0.4, -0.2) is 19.6 Å². The second-order valence-electron chi connectivity index (χ2n) is 3.34. The van der Waals surface area contributed by atoms with Gasteiger partial charge in [-0.15, -0.1) is 10.2 Å². The number of hydrogen-bond acceptors (Lipinski definition) is 3. The van der Waals surface area contributed by atoms with E-state index in [2.05, 4.69) is 15.2 Å². The highest BCUT2D eigenvalue weighted by molar-refractivity contribution is 5.61. The number of fused-ring (bicyclic) bond motifs is 1. The summed E-state index contributed by atoms with van der Waals surface area (Å²) in [6, 6.07) is 8.11. The van der Waals surface area contributed by atoms with Crippen molar-refractivity contribution in [2.24, 2.45) is 0 Å². The highest BCUT2D eigenvalue weighted by atomic mass is 19.1. The molecule has 0 saturated carbocycles. The predicted molar refractivity (Wildman–Crippen MR) is 56.2 cm³/mol. The van der Waals surface area contributed by atoms with Crippen molar-refractivity contribution in [2.45, 2.75) is 0 Å². The van der Waals surface area contributed by atoms with Gasteiger partial charge in [-0.25, -0.2) is 9.37 Å². The molecule has 4 nitrogen and oxygen atoms in total. The second-order valence-corrected chi connectivity index (χ2v) is 3.34. The summed E-state index contributed by atoms with van der Waals surface area (Å²) < 4.78 is 14.6. The van der Waals surface area contributed by atoms with Crippen LogP contribution in [-0.2, 0) is 0 Å². The van der Waals surface area contributed by atoms with E-state index < -0.39 is 0 Å². The first-order valence-corrected chi connectivity index (χ1v) is 4.75. The lowest BCUT2D eigenvalue weighted by atomic mass is 10.1. The van der Waals surface area contributed by atoms with Gasteiger partial charge in [0, 0.05) is 6.20 Å². The molecule has 0 unspecified atom stereocenters. The van der Waals surface area contributed by atoms with Gasteiger partial charge in [-0.2, -0.15) is 0 Å². The van der Waals surface area contributed by atoms with Gasteiger partial charge in [-0.05, 0) is 35.9 Å². The van der Waals surface area contributed by atoms with Crippen LogP contribution in [0.15, 0.2) is 42.9 Å². The Kier molecular flexibility index (Phi) is 1.89. The van der Waals surface area contributed by atoms with Gasteiger partial charge in [-0.1, -0.05) is 0 Å². The van der Waals surface area contributed by atoms with E-state index in [1.165, 1.54) is 12.1 Å². The topological polar surface area (TPSA) is 43.1 Å². The van der Waals surface area contributed by atoms with Gasteiger partial charge in [0.05, 0.1) is 5.69 Å². The highest BCUT2D eigenvalue weighted by Crippen LogP contribution is 2.19. The molecule has 3 aromatic rings. The molecule has 0 bridgehead atoms. The molecule has 16 heavy (non-hydrogen) atoms. The zero-order chi connectivity index (χ0) is 11.0. The Hall–Kier alpha value is -2.30. The first-order chi connectivity index (χ1) is 7.84. The van der Waals surface area contributed by atoms with Crippen LogP contribution in [0.2, 0.25) is 0 Å². The van der Waals surface area contributed by atoms with Crippen LogP contribution >= 0.6 is 0 Å². The van der Waals surface area contributed by atoms with Gasteiger partial charge >= 0.3 is 0 Å². The average Bonchev–Trinajstić information content (AvgIpc) is 2.78. The molecule has 0 saturated heterocycles. The van der Waals surface area contributed by atoms with Crippen molar-refractivity contribution in [3.63, 3.8) is 0 Å². The summed E-state index contributed by atoms with van der Waals surface area (Å²) in [6.07, 6.45) is 3.24. The van der Waals surface area contributed by atoms with E-state index >= 15 is 0 Å². The molecule has 2 aromatic heterocycles. The van der Waals surface area contributed by atoms with E-state index in [-0.39, 0.29) is 5.82 Å². The molecule has 3 rings (SSSR count). The van der Waals surface area contributed by atoms with Crippen LogP contribution in [0.5, 0.6) is 0 Å². The maximum absolute atomic E-state index is 12.8. The van der Waals surface area contributed by atoms with Crippen molar-refractivity contribution in [1.82, 2.24) is 19.6 Å². The summed E-state index contributed by atoms with van der Waals surface area (Å²) in [5.74, 6) is 0.277. The van der Waals surface area contributed by atoms with Crippen LogP contribution in [0.1, 0.15) is 0 Å². The SMILES string of the molecule is Fc1ccc(-c2ccnc3nncn23)cc1. The Balaban J connectivity index is 2.25. The van der Waals surface area contributed by atoms with Crippen LogP contribution in [0.3, 0.4) is 0 Å². The average molecular weight is 214 g/mol. The maximum Gasteiger partial charge on any atom is 0.255 e. The number of benzene rings is 1. The third kappa shape index (κ3) is 1.33. The van der Waals surface area contributed by atoms with Crippen molar-refractivity contribution in [1.29, 1.82) is 0 Å². The van der Waals surface area contributed by atoms with E-state index in [0.717, 1.165) is 11.3 Å². The van der Waals surface area contributed by atoms with E-state index in [1.807, 2.05) is 6.07 Å². The molecule has 0 spiro atoms. The standard InChI is InChI=1S/C11H7FN4/c12-9-3-1-8(2-4-9)10-5-6-13-11-15-14-7-16(10)11/h1-7H. The summed E-state index contributed by atoms with van der Waals surface area (Å²) >= 11 is 0. The monoisotopic (exact) mass is 214 g/mol. The van der Waals surface area contributed by atoms with Gasteiger partial charge in [0.25, 0.3) is 5.78 Å². The van der Waals surface area contributed by atoms with Crippen molar-refractivity contribution in [2.75, 3.05) is 0 Å². The quantitative estimate of drug-likeness (QED) is 0.621. The lowest BCUT2D eigenvalue weighted by Crippen LogP contribution is -1.92. The molecule has 2 heterocycles. The van der Waals surface area contributed by atoms with E-state index in [1.54, 1.807) is 29.1 Å². The van der Waals surface area contributed by atoms with Gasteiger partial charge < -0.3 is 0 Å². The number of hydrogen-bond donors (Lipinski definition) is 0. The molecule has 0 aliphatic rings. The first-order valence-electron chi connectivity index (χ1n) is 4.75. The molecule has 0 N–H and O–H groups in total. The Morgan fingerprint density at radius 1 is 1.06 bits per heavy atom. The fourth-order valence-corrected chi connectivity index (χ4v) is 1.60. The number of aromatic nitrogens is 4. The molecule has 5 heteroatoms. The van der Waals surface area contributed by atoms with Crippen molar-refractivity contribution in [3.8, 4) is 11.3 Å². The Morgan fingerprint density at radius 2 is 1.88 bits per heavy atom. The number of nitrogens with zero attached hydrogens (tertiary/aromatic N) is 4. The summed E-state index contributed by atoms with van der Waals surface area (Å²) in [7, 11) is 0. The van der Waals surface area contributed by atoms with E-state index in [9.17, 15) is 4.39 Å². The Labute approximate surface area is 90.4 Å². The normalized spacial score (nSPS) is 10.8. The highest BCUT2D eigenvalue weighted by Gasteiger charge is 2.04. The number of rotatable bonds is 1. The fraction of sp³-hybridized carbons (Fsp3) is 0. The fourth-order valence-electron chi connectivity index (χ4n) is 1.60. The van der Waals surface area contributed by atoms with Crippen LogP contribution in [0.25, 0.3) is 17.0 Å². The third-order valence-corrected chi connectivity index (χ3v) is 2.35. The van der Waals surface area contributed by atoms with Gasteiger partial charge in [0.15, 0.2) is 0 Å². The van der Waals surface area contributed by atoms with Crippen molar-refractivity contribution in [3.05, 3.63) is 48.7 Å². The van der Waals surface area contributed by atoms with Gasteiger partial charge in [0.2, 0.25) is 0 Å². The Morgan fingerprint density at radius 3 is 2.69 bits per heavy atom. The third-order valence-electron chi connectivity index (χ3n) is 2.35. The minimum Gasteiger partial charge on any atom is -0.265 e. The molecule has 0 aliphatic carbocycles. The molecule has 0 atom stereocenters. The Bertz CT molecular complexity index is 630. The smallest absolute Gasteiger partial charge is 0.255 e. The molecule has 1 aromatic carbocycles. The van der Waals surface area contributed by atoms with Crippen LogP contribution in [0.4, 0.5) is 4.39 Å². The lowest BCUT2D eigenvalue weighted by Gasteiger charge is -2.03. The summed E-state index contributed by atoms with van der Waals surface area (Å²) in [6.45, 7) is 0. The minimum absolute atomic E-state index is 0.252. The molecule has 0 fully saturated rings. The van der Waals surface area contributed by atoms with Crippen molar-refractivity contribution < 1.29 is 4.39 Å². The maximum atomic E-state index is 12.8. The zero-order valence-corrected chi connectivity index (χ0v) is 8.21. The van der Waals surface area contributed by atoms with E-state index in [0.29, 0.717) is 5.78 Å². The molecule has 0 aliphatic heterocycles. The predicted octanol–water partition coefficient (Wildman–Crippen LogP) is 1.93. The first kappa shape index (κ1) is 8.96. The second kappa shape index (κ2) is 3.37. The number of halogens is 1. The van der Waals surface area contributed by atoms with Crippen molar-refractivity contribution >= 4 is 5.78 Å². The molecular weight excluding hydrogens is 207 g/mol. The summed E-state index contributed by atoms with van der Waals surface area (Å²) in [5, 5.41) is 7.63. The molecule has 78 valence electrons. The molecular formula is C11H7FN4. The zero-order valence-electron chi connectivity index (χ0n) is 8.21. The molecule has 0 amide bonds. The van der Waals surface area contributed by atoms with Gasteiger partial charge in [0.1, 0.15) is 12.1 Å². The summed E-state index contributed by atoms with van der Waals surface area (Å²) in [5.41, 5.74) is 1.78. The van der Waals surface area contributed by atoms with Crippen LogP contribution < -0.4 is 0 Å².